The number of carbonyl (C=O) groups is 3. The second-order valence-corrected chi connectivity index (χ2v) is 17.3. The normalized spacial score (nSPS) is 17.2. The van der Waals surface area contributed by atoms with E-state index in [0.717, 1.165) is 44.6 Å². The van der Waals surface area contributed by atoms with Crippen LogP contribution in [0.4, 0.5) is 0 Å². The molecule has 0 spiro atoms. The summed E-state index contributed by atoms with van der Waals surface area (Å²) >= 11 is -3.71. The first kappa shape index (κ1) is 40.1. The summed E-state index contributed by atoms with van der Waals surface area (Å²) in [5.74, 6) is -0.442. The summed E-state index contributed by atoms with van der Waals surface area (Å²) in [6.45, 7) is 28.7. The first-order valence-electron chi connectivity index (χ1n) is 15.0. The van der Waals surface area contributed by atoms with E-state index < -0.39 is 33.5 Å². The molecule has 0 aliphatic heterocycles. The number of rotatable bonds is 8. The fraction of sp³-hybridized carbons (Fsp3) is 0.514. The number of hydrogen-bond donors (Lipinski definition) is 3. The molecule has 2 aliphatic rings. The van der Waals surface area contributed by atoms with E-state index in [1.807, 2.05) is 45.9 Å². The fourth-order valence-electron chi connectivity index (χ4n) is 6.53. The number of benzene rings is 1. The van der Waals surface area contributed by atoms with Crippen LogP contribution in [0.2, 0.25) is 0 Å². The van der Waals surface area contributed by atoms with Crippen molar-refractivity contribution in [2.45, 2.75) is 109 Å². The van der Waals surface area contributed by atoms with Gasteiger partial charge in [0.25, 0.3) is 0 Å². The minimum Gasteiger partial charge on any atom is -1.00 e. The van der Waals surface area contributed by atoms with Gasteiger partial charge in [0.2, 0.25) is 0 Å². The first-order valence-corrected chi connectivity index (χ1v) is 18.7. The largest absolute Gasteiger partial charge is 1.00 e. The average Bonchev–Trinajstić information content (AvgIpc) is 3.14. The van der Waals surface area contributed by atoms with Crippen LogP contribution in [-0.2, 0) is 32.2 Å². The third kappa shape index (κ3) is 7.21. The predicted octanol–water partition coefficient (Wildman–Crippen LogP) is 1.65. The molecule has 2 aliphatic carbocycles. The Labute approximate surface area is 286 Å². The molecule has 0 atom stereocenters. The summed E-state index contributed by atoms with van der Waals surface area (Å²) in [4.78, 5) is 42.0. The molecule has 9 heteroatoms. The van der Waals surface area contributed by atoms with Crippen molar-refractivity contribution < 1.29 is 61.8 Å². The van der Waals surface area contributed by atoms with Gasteiger partial charge >= 0.3 is 264 Å². The Morgan fingerprint density at radius 1 is 0.591 bits per heavy atom. The number of allylic oxidation sites excluding steroid dienone is 6. The van der Waals surface area contributed by atoms with Crippen molar-refractivity contribution in [3.8, 4) is 0 Å². The molecule has 0 bridgehead atoms. The second-order valence-electron chi connectivity index (χ2n) is 13.6. The third-order valence-electron chi connectivity index (χ3n) is 9.89. The van der Waals surface area contributed by atoms with Gasteiger partial charge in [-0.25, -0.2) is 0 Å². The zero-order chi connectivity index (χ0) is 32.1. The van der Waals surface area contributed by atoms with Crippen LogP contribution in [0, 0.1) is 10.8 Å². The van der Waals surface area contributed by atoms with Gasteiger partial charge in [-0.05, 0) is 0 Å². The van der Waals surface area contributed by atoms with Gasteiger partial charge in [-0.1, -0.05) is 0 Å². The number of halogens is 2. The number of carbonyl (C=O) groups excluding carboxylic acids is 3. The molecule has 241 valence electrons. The Bertz CT molecular complexity index is 1380. The van der Waals surface area contributed by atoms with Crippen LogP contribution in [0.3, 0.4) is 0 Å². The van der Waals surface area contributed by atoms with E-state index in [4.69, 9.17) is 0 Å². The van der Waals surface area contributed by atoms with Crippen LogP contribution in [-0.4, -0.2) is 17.7 Å². The summed E-state index contributed by atoms with van der Waals surface area (Å²) in [6.07, 6.45) is 0. The number of nitrogens with one attached hydrogen (secondary N) is 3. The fourth-order valence-corrected chi connectivity index (χ4v) is 9.59. The van der Waals surface area contributed by atoms with Crippen LogP contribution in [0.15, 0.2) is 62.8 Å². The van der Waals surface area contributed by atoms with Crippen LogP contribution < -0.4 is 34.6 Å². The molecular weight excluding hydrogens is 673 g/mol. The minimum atomic E-state index is -3.71. The maximum absolute atomic E-state index is 14.1. The molecule has 1 aromatic carbocycles. The van der Waals surface area contributed by atoms with Crippen LogP contribution in [0.25, 0.3) is 0 Å². The number of hydrogen-bond acceptors (Lipinski definition) is 3. The van der Waals surface area contributed by atoms with Gasteiger partial charge in [-0.15, -0.1) is 0 Å². The molecule has 1 aromatic rings. The Balaban J connectivity index is 0.00000484. The van der Waals surface area contributed by atoms with Crippen LogP contribution in [0.1, 0.15) is 130 Å². The van der Waals surface area contributed by atoms with Crippen molar-refractivity contribution in [3.63, 3.8) is 0 Å². The van der Waals surface area contributed by atoms with Crippen molar-refractivity contribution in [2.75, 3.05) is 0 Å². The van der Waals surface area contributed by atoms with Gasteiger partial charge in [-0.3, -0.25) is 0 Å². The summed E-state index contributed by atoms with van der Waals surface area (Å²) in [7, 11) is 0. The zero-order valence-electron chi connectivity index (χ0n) is 28.9. The molecule has 44 heavy (non-hydrogen) atoms. The maximum Gasteiger partial charge on any atom is -1.00 e. The van der Waals surface area contributed by atoms with Crippen molar-refractivity contribution in [2.24, 2.45) is 10.8 Å². The molecule has 0 heterocycles. The molecule has 3 amide bonds. The van der Waals surface area contributed by atoms with E-state index in [1.165, 1.54) is 0 Å². The van der Waals surface area contributed by atoms with E-state index in [2.05, 4.69) is 79.0 Å². The van der Waals surface area contributed by atoms with Gasteiger partial charge in [-0.2, -0.15) is 0 Å². The van der Waals surface area contributed by atoms with Crippen molar-refractivity contribution in [1.82, 2.24) is 9.78 Å². The molecule has 0 saturated carbocycles. The Morgan fingerprint density at radius 3 is 1.18 bits per heavy atom. The van der Waals surface area contributed by atoms with Crippen molar-refractivity contribution >= 4 is 17.7 Å². The topological polar surface area (TPSA) is 87.3 Å². The Hall–Kier alpha value is -1.95. The van der Waals surface area contributed by atoms with Gasteiger partial charge < -0.3 is 24.8 Å². The summed E-state index contributed by atoms with van der Waals surface area (Å²) in [5, 5.41) is 0. The van der Waals surface area contributed by atoms with Gasteiger partial charge in [0.1, 0.15) is 0 Å². The van der Waals surface area contributed by atoms with E-state index in [9.17, 15) is 14.4 Å². The first-order chi connectivity index (χ1) is 19.3. The van der Waals surface area contributed by atoms with Crippen molar-refractivity contribution in [3.05, 3.63) is 79.5 Å². The molecule has 3 rings (SSSR count). The SMILES string of the molecule is CC1=C(C)C(C)(C)C(C(=O)[NH][Zr+2]([NH]C(=O)C2=C(C)C(C)=C(C)C2(C)C)[NH]C(=O)c2c(C(C)C)cccc2C(C)C)=C1C.[Cl-].[Cl-]. The molecule has 0 saturated heterocycles. The molecule has 0 radical (unpaired) electrons. The Kier molecular flexibility index (Phi) is 13.3. The van der Waals surface area contributed by atoms with E-state index >= 15 is 0 Å². The molecule has 0 fully saturated rings. The monoisotopic (exact) mass is 720 g/mol. The molecular formula is C35H50Cl2N3O3Zr. The summed E-state index contributed by atoms with van der Waals surface area (Å²) < 4.78 is 9.54. The summed E-state index contributed by atoms with van der Waals surface area (Å²) in [5.41, 5.74) is 9.47. The summed E-state index contributed by atoms with van der Waals surface area (Å²) in [6, 6.07) is 5.98. The van der Waals surface area contributed by atoms with Crippen molar-refractivity contribution in [1.29, 1.82) is 0 Å². The van der Waals surface area contributed by atoms with E-state index in [0.29, 0.717) is 16.7 Å². The molecule has 3 N–H and O–H groups in total. The zero-order valence-corrected chi connectivity index (χ0v) is 32.8. The van der Waals surface area contributed by atoms with Gasteiger partial charge in [0.05, 0.1) is 0 Å². The second kappa shape index (κ2) is 14.6. The minimum absolute atomic E-state index is 0. The smallest absolute Gasteiger partial charge is 1.00 e. The molecule has 0 unspecified atom stereocenters. The maximum atomic E-state index is 14.1. The standard InChI is InChI=1S/C13H19NO.2C11H17NO.2ClH.Zr/c1-8(2)10-6-5-7-11(9(3)4)12(10)13(14)15;2*1-6-7(2)9(10(12)13)11(4,5)8(6)3;;;/h5-9H,1-4H3,(H2,14,15);2*1-5H3,(H2,12,13);2*1H;/q;;;;;+5/p-5. The Morgan fingerprint density at radius 2 is 0.909 bits per heavy atom. The number of amides is 3. The van der Waals surface area contributed by atoms with Gasteiger partial charge in [0, 0.05) is 0 Å². The quantitative estimate of drug-likeness (QED) is 0.382. The van der Waals surface area contributed by atoms with Crippen LogP contribution in [0.5, 0.6) is 0 Å². The van der Waals surface area contributed by atoms with E-state index in [-0.39, 0.29) is 54.4 Å². The predicted molar refractivity (Wildman–Crippen MR) is 168 cm³/mol. The average molecular weight is 723 g/mol. The van der Waals surface area contributed by atoms with Gasteiger partial charge in [0.15, 0.2) is 0 Å². The van der Waals surface area contributed by atoms with Crippen LogP contribution >= 0.6 is 0 Å². The molecule has 6 nitrogen and oxygen atoms in total. The third-order valence-corrected chi connectivity index (χ3v) is 13.4. The van der Waals surface area contributed by atoms with E-state index in [1.54, 1.807) is 0 Å². The molecule has 0 aromatic heterocycles.